The first kappa shape index (κ1) is 18.8. The van der Waals surface area contributed by atoms with Gasteiger partial charge in [-0.1, -0.05) is 62.7 Å². The molecule has 1 atom stereocenters. The maximum Gasteiger partial charge on any atom is 0.257 e. The van der Waals surface area contributed by atoms with Crippen molar-refractivity contribution in [3.05, 3.63) is 70.8 Å². The Morgan fingerprint density at radius 3 is 2.30 bits per heavy atom. The highest BCUT2D eigenvalue weighted by Crippen LogP contribution is 2.24. The summed E-state index contributed by atoms with van der Waals surface area (Å²) in [5.41, 5.74) is 3.81. The van der Waals surface area contributed by atoms with Crippen LogP contribution in [-0.2, 0) is 10.2 Å². The van der Waals surface area contributed by atoms with E-state index in [-0.39, 0.29) is 35.7 Å². The summed E-state index contributed by atoms with van der Waals surface area (Å²) < 4.78 is 0. The fourth-order valence-corrected chi connectivity index (χ4v) is 2.94. The SMILES string of the molecule is Cc1ccc([C@@H]2CC(=O)NC(NC(=O)c3ccc(C(C)(C)C)cc3)=N2)cc1. The molecular weight excluding hydrogens is 338 g/mol. The van der Waals surface area contributed by atoms with Crippen LogP contribution in [0.2, 0.25) is 0 Å². The average Bonchev–Trinajstić information content (AvgIpc) is 2.61. The number of amides is 2. The van der Waals surface area contributed by atoms with Gasteiger partial charge in [-0.3, -0.25) is 20.2 Å². The van der Waals surface area contributed by atoms with Crippen molar-refractivity contribution in [1.82, 2.24) is 10.6 Å². The van der Waals surface area contributed by atoms with Gasteiger partial charge in [-0.15, -0.1) is 0 Å². The third kappa shape index (κ3) is 4.61. The van der Waals surface area contributed by atoms with Gasteiger partial charge in [0.2, 0.25) is 11.9 Å². The minimum atomic E-state index is -0.294. The van der Waals surface area contributed by atoms with E-state index in [1.165, 1.54) is 0 Å². The number of rotatable bonds is 2. The summed E-state index contributed by atoms with van der Waals surface area (Å²) in [6.45, 7) is 8.38. The van der Waals surface area contributed by atoms with Gasteiger partial charge in [0, 0.05) is 5.56 Å². The first-order valence-electron chi connectivity index (χ1n) is 9.08. The normalized spacial score (nSPS) is 17.1. The topological polar surface area (TPSA) is 70.6 Å². The Bertz CT molecular complexity index is 875. The van der Waals surface area contributed by atoms with Gasteiger partial charge in [-0.05, 0) is 35.6 Å². The minimum Gasteiger partial charge on any atom is -0.296 e. The molecule has 0 bridgehead atoms. The smallest absolute Gasteiger partial charge is 0.257 e. The van der Waals surface area contributed by atoms with Gasteiger partial charge in [0.05, 0.1) is 12.5 Å². The third-order valence-corrected chi connectivity index (χ3v) is 4.63. The Morgan fingerprint density at radius 1 is 1.07 bits per heavy atom. The zero-order valence-electron chi connectivity index (χ0n) is 16.2. The number of hydrogen-bond acceptors (Lipinski definition) is 3. The van der Waals surface area contributed by atoms with E-state index in [0.717, 1.165) is 16.7 Å². The predicted octanol–water partition coefficient (Wildman–Crippen LogP) is 3.64. The summed E-state index contributed by atoms with van der Waals surface area (Å²) in [6, 6.07) is 15.1. The van der Waals surface area contributed by atoms with Crippen LogP contribution in [0, 0.1) is 6.92 Å². The zero-order chi connectivity index (χ0) is 19.6. The number of aliphatic imine (C=N–C) groups is 1. The average molecular weight is 363 g/mol. The van der Waals surface area contributed by atoms with Crippen LogP contribution in [0.15, 0.2) is 53.5 Å². The molecule has 1 aliphatic rings. The molecule has 2 aromatic rings. The molecule has 0 unspecified atom stereocenters. The van der Waals surface area contributed by atoms with Crippen molar-refractivity contribution < 1.29 is 9.59 Å². The van der Waals surface area contributed by atoms with Crippen LogP contribution < -0.4 is 10.6 Å². The number of benzene rings is 2. The van der Waals surface area contributed by atoms with Gasteiger partial charge in [0.25, 0.3) is 5.91 Å². The van der Waals surface area contributed by atoms with Gasteiger partial charge in [-0.2, -0.15) is 0 Å². The van der Waals surface area contributed by atoms with Crippen LogP contribution in [0.5, 0.6) is 0 Å². The molecule has 0 spiro atoms. The molecule has 140 valence electrons. The van der Waals surface area contributed by atoms with Gasteiger partial charge < -0.3 is 0 Å². The van der Waals surface area contributed by atoms with E-state index in [0.29, 0.717) is 5.56 Å². The maximum atomic E-state index is 12.5. The Labute approximate surface area is 159 Å². The number of aryl methyl sites for hydroxylation is 1. The second kappa shape index (κ2) is 7.35. The summed E-state index contributed by atoms with van der Waals surface area (Å²) in [6.07, 6.45) is 0.267. The number of nitrogens with one attached hydrogen (secondary N) is 2. The molecule has 27 heavy (non-hydrogen) atoms. The molecule has 3 rings (SSSR count). The number of carbonyl (C=O) groups excluding carboxylic acids is 2. The number of hydrogen-bond donors (Lipinski definition) is 2. The van der Waals surface area contributed by atoms with Crippen LogP contribution in [0.4, 0.5) is 0 Å². The first-order chi connectivity index (χ1) is 12.7. The lowest BCUT2D eigenvalue weighted by molar-refractivity contribution is -0.120. The molecule has 5 nitrogen and oxygen atoms in total. The van der Waals surface area contributed by atoms with E-state index in [9.17, 15) is 9.59 Å². The van der Waals surface area contributed by atoms with E-state index in [4.69, 9.17) is 0 Å². The molecule has 1 aliphatic heterocycles. The molecule has 0 radical (unpaired) electrons. The molecule has 1 heterocycles. The highest BCUT2D eigenvalue weighted by molar-refractivity contribution is 6.10. The van der Waals surface area contributed by atoms with Crippen LogP contribution >= 0.6 is 0 Å². The summed E-state index contributed by atoms with van der Waals surface area (Å²) in [4.78, 5) is 29.1. The predicted molar refractivity (Wildman–Crippen MR) is 107 cm³/mol. The van der Waals surface area contributed by atoms with Crippen molar-refractivity contribution in [2.75, 3.05) is 0 Å². The summed E-state index contributed by atoms with van der Waals surface area (Å²) in [5.74, 6) is -0.255. The van der Waals surface area contributed by atoms with Crippen molar-refractivity contribution in [3.8, 4) is 0 Å². The van der Waals surface area contributed by atoms with Gasteiger partial charge >= 0.3 is 0 Å². The summed E-state index contributed by atoms with van der Waals surface area (Å²) in [7, 11) is 0. The molecule has 5 heteroatoms. The monoisotopic (exact) mass is 363 g/mol. The molecule has 2 amide bonds. The molecule has 0 fully saturated rings. The standard InChI is InChI=1S/C22H25N3O2/c1-14-5-7-15(8-6-14)18-13-19(26)24-21(23-18)25-20(27)16-9-11-17(12-10-16)22(2,3)4/h5-12,18H,13H2,1-4H3,(H2,23,24,25,26,27)/t18-/m0/s1. The fraction of sp³-hybridized carbons (Fsp3) is 0.318. The lowest BCUT2D eigenvalue weighted by Gasteiger charge is -2.22. The number of guanidine groups is 1. The van der Waals surface area contributed by atoms with E-state index in [1.54, 1.807) is 12.1 Å². The van der Waals surface area contributed by atoms with Crippen molar-refractivity contribution in [1.29, 1.82) is 0 Å². The van der Waals surface area contributed by atoms with E-state index in [2.05, 4.69) is 36.4 Å². The largest absolute Gasteiger partial charge is 0.296 e. The molecule has 2 aromatic carbocycles. The highest BCUT2D eigenvalue weighted by atomic mass is 16.2. The van der Waals surface area contributed by atoms with Gasteiger partial charge in [0.1, 0.15) is 0 Å². The van der Waals surface area contributed by atoms with E-state index < -0.39 is 0 Å². The Morgan fingerprint density at radius 2 is 1.70 bits per heavy atom. The van der Waals surface area contributed by atoms with Gasteiger partial charge in [-0.25, -0.2) is 4.99 Å². The highest BCUT2D eigenvalue weighted by Gasteiger charge is 2.24. The minimum absolute atomic E-state index is 0.0255. The second-order valence-corrected chi connectivity index (χ2v) is 7.94. The number of carbonyl (C=O) groups is 2. The second-order valence-electron chi connectivity index (χ2n) is 7.94. The van der Waals surface area contributed by atoms with Crippen LogP contribution in [-0.4, -0.2) is 17.8 Å². The maximum absolute atomic E-state index is 12.5. The third-order valence-electron chi connectivity index (χ3n) is 4.63. The molecule has 0 saturated carbocycles. The molecule has 0 aromatic heterocycles. The molecule has 2 N–H and O–H groups in total. The van der Waals surface area contributed by atoms with Crippen molar-refractivity contribution >= 4 is 17.8 Å². The summed E-state index contributed by atoms with van der Waals surface area (Å²) >= 11 is 0. The van der Waals surface area contributed by atoms with Crippen molar-refractivity contribution in [2.45, 2.75) is 45.6 Å². The fourth-order valence-electron chi connectivity index (χ4n) is 2.94. The molecule has 0 aliphatic carbocycles. The van der Waals surface area contributed by atoms with E-state index in [1.807, 2.05) is 43.3 Å². The lowest BCUT2D eigenvalue weighted by Crippen LogP contribution is -2.47. The first-order valence-corrected chi connectivity index (χ1v) is 9.08. The van der Waals surface area contributed by atoms with Crippen molar-refractivity contribution in [3.63, 3.8) is 0 Å². The Kier molecular flexibility index (Phi) is 5.13. The molecular formula is C22H25N3O2. The lowest BCUT2D eigenvalue weighted by atomic mass is 9.87. The molecule has 0 saturated heterocycles. The zero-order valence-corrected chi connectivity index (χ0v) is 16.2. The van der Waals surface area contributed by atoms with Crippen LogP contribution in [0.1, 0.15) is 60.3 Å². The summed E-state index contributed by atoms with van der Waals surface area (Å²) in [5, 5.41) is 5.36. The number of nitrogens with zero attached hydrogens (tertiary/aromatic N) is 1. The Balaban J connectivity index is 1.76. The van der Waals surface area contributed by atoms with Crippen LogP contribution in [0.25, 0.3) is 0 Å². The van der Waals surface area contributed by atoms with Crippen molar-refractivity contribution in [2.24, 2.45) is 4.99 Å². The van der Waals surface area contributed by atoms with E-state index >= 15 is 0 Å². The Hall–Kier alpha value is -2.95. The van der Waals surface area contributed by atoms with Crippen LogP contribution in [0.3, 0.4) is 0 Å². The quantitative estimate of drug-likeness (QED) is 0.855. The van der Waals surface area contributed by atoms with Gasteiger partial charge in [0.15, 0.2) is 0 Å².